The van der Waals surface area contributed by atoms with Gasteiger partial charge in [-0.25, -0.2) is 5.43 Å². The molecule has 2 rings (SSSR count). The molecule has 110 valence electrons. The molecule has 6 nitrogen and oxygen atoms in total. The Morgan fingerprint density at radius 3 is 2.41 bits per heavy atom. The van der Waals surface area contributed by atoms with Crippen molar-refractivity contribution in [2.24, 2.45) is 5.10 Å². The summed E-state index contributed by atoms with van der Waals surface area (Å²) in [7, 11) is 0. The first-order chi connectivity index (χ1) is 10.7. The molecule has 2 aromatic carbocycles. The lowest BCUT2D eigenvalue weighted by atomic mass is 10.2. The van der Waals surface area contributed by atoms with Crippen molar-refractivity contribution in [1.29, 1.82) is 0 Å². The van der Waals surface area contributed by atoms with E-state index in [-0.39, 0.29) is 5.69 Å². The standard InChI is InChI=1S/C16H13N3O3/c20-16(14-8-10-15(11-9-14)19(21)22)18-17-12-4-7-13-5-2-1-3-6-13/h1-12H,(H,18,20)/b7-4-,17-12+. The summed E-state index contributed by atoms with van der Waals surface area (Å²) in [6.45, 7) is 0. The van der Waals surface area contributed by atoms with Gasteiger partial charge < -0.3 is 0 Å². The van der Waals surface area contributed by atoms with Crippen molar-refractivity contribution in [3.8, 4) is 0 Å². The Morgan fingerprint density at radius 1 is 1.09 bits per heavy atom. The van der Waals surface area contributed by atoms with Crippen LogP contribution in [0.15, 0.2) is 65.8 Å². The van der Waals surface area contributed by atoms with Crippen molar-refractivity contribution in [2.75, 3.05) is 0 Å². The van der Waals surface area contributed by atoms with Crippen LogP contribution in [0.1, 0.15) is 15.9 Å². The molecular formula is C16H13N3O3. The molecule has 0 spiro atoms. The summed E-state index contributed by atoms with van der Waals surface area (Å²) in [4.78, 5) is 21.7. The second-order valence-corrected chi connectivity index (χ2v) is 4.29. The fourth-order valence-electron chi connectivity index (χ4n) is 1.66. The predicted molar refractivity (Wildman–Crippen MR) is 84.5 cm³/mol. The zero-order valence-corrected chi connectivity index (χ0v) is 11.5. The zero-order chi connectivity index (χ0) is 15.8. The number of nitrogens with one attached hydrogen (secondary N) is 1. The fourth-order valence-corrected chi connectivity index (χ4v) is 1.66. The minimum absolute atomic E-state index is 0.0640. The van der Waals surface area contributed by atoms with E-state index in [0.29, 0.717) is 5.56 Å². The number of carbonyl (C=O) groups is 1. The third-order valence-corrected chi connectivity index (χ3v) is 2.76. The molecule has 0 aromatic heterocycles. The number of allylic oxidation sites excluding steroid dienone is 1. The largest absolute Gasteiger partial charge is 0.271 e. The van der Waals surface area contributed by atoms with Crippen molar-refractivity contribution in [3.05, 3.63) is 81.9 Å². The van der Waals surface area contributed by atoms with Gasteiger partial charge >= 0.3 is 0 Å². The minimum Gasteiger partial charge on any atom is -0.267 e. The van der Waals surface area contributed by atoms with E-state index >= 15 is 0 Å². The van der Waals surface area contributed by atoms with Gasteiger partial charge in [0, 0.05) is 23.9 Å². The molecule has 0 aliphatic heterocycles. The lowest BCUT2D eigenvalue weighted by Gasteiger charge is -1.98. The lowest BCUT2D eigenvalue weighted by molar-refractivity contribution is -0.384. The summed E-state index contributed by atoms with van der Waals surface area (Å²) in [5.41, 5.74) is 3.60. The molecular weight excluding hydrogens is 282 g/mol. The van der Waals surface area contributed by atoms with Crippen LogP contribution in [0.2, 0.25) is 0 Å². The number of hydrogen-bond acceptors (Lipinski definition) is 4. The summed E-state index contributed by atoms with van der Waals surface area (Å²) in [6.07, 6.45) is 5.00. The minimum atomic E-state index is -0.520. The maximum absolute atomic E-state index is 11.7. The van der Waals surface area contributed by atoms with E-state index in [4.69, 9.17) is 0 Å². The Kier molecular flexibility index (Phi) is 5.15. The van der Waals surface area contributed by atoms with Crippen molar-refractivity contribution >= 4 is 23.9 Å². The van der Waals surface area contributed by atoms with Gasteiger partial charge in [-0.2, -0.15) is 5.10 Å². The molecule has 0 saturated carbocycles. The quantitative estimate of drug-likeness (QED) is 0.522. The number of rotatable bonds is 5. The summed E-state index contributed by atoms with van der Waals surface area (Å²) < 4.78 is 0. The SMILES string of the molecule is O=C(N/N=C/C=C\c1ccccc1)c1ccc([N+](=O)[O-])cc1. The first kappa shape index (κ1) is 15.1. The van der Waals surface area contributed by atoms with Crippen LogP contribution >= 0.6 is 0 Å². The number of amides is 1. The maximum Gasteiger partial charge on any atom is 0.271 e. The Balaban J connectivity index is 1.88. The van der Waals surface area contributed by atoms with Crippen LogP contribution in [-0.2, 0) is 0 Å². The Labute approximate surface area is 126 Å². The predicted octanol–water partition coefficient (Wildman–Crippen LogP) is 3.02. The second kappa shape index (κ2) is 7.49. The summed E-state index contributed by atoms with van der Waals surface area (Å²) >= 11 is 0. The van der Waals surface area contributed by atoms with Gasteiger partial charge in [-0.15, -0.1) is 0 Å². The Bertz CT molecular complexity index is 707. The van der Waals surface area contributed by atoms with Gasteiger partial charge in [0.25, 0.3) is 11.6 Å². The van der Waals surface area contributed by atoms with E-state index in [1.54, 1.807) is 6.08 Å². The van der Waals surface area contributed by atoms with E-state index in [9.17, 15) is 14.9 Å². The average Bonchev–Trinajstić information content (AvgIpc) is 2.55. The Morgan fingerprint density at radius 2 is 1.77 bits per heavy atom. The summed E-state index contributed by atoms with van der Waals surface area (Å²) in [5.74, 6) is -0.431. The van der Waals surface area contributed by atoms with E-state index in [0.717, 1.165) is 5.56 Å². The maximum atomic E-state index is 11.7. The van der Waals surface area contributed by atoms with Gasteiger partial charge in [0.1, 0.15) is 0 Å². The van der Waals surface area contributed by atoms with Crippen molar-refractivity contribution in [2.45, 2.75) is 0 Å². The summed E-state index contributed by atoms with van der Waals surface area (Å²) in [5, 5.41) is 14.3. The van der Waals surface area contributed by atoms with E-state index < -0.39 is 10.8 Å². The van der Waals surface area contributed by atoms with Crippen LogP contribution < -0.4 is 5.43 Å². The topological polar surface area (TPSA) is 84.6 Å². The van der Waals surface area contributed by atoms with Gasteiger partial charge in [0.2, 0.25) is 0 Å². The molecule has 6 heteroatoms. The third kappa shape index (κ3) is 4.38. The molecule has 22 heavy (non-hydrogen) atoms. The smallest absolute Gasteiger partial charge is 0.267 e. The molecule has 0 saturated heterocycles. The van der Waals surface area contributed by atoms with Gasteiger partial charge in [-0.3, -0.25) is 14.9 Å². The number of benzene rings is 2. The molecule has 0 unspecified atom stereocenters. The van der Waals surface area contributed by atoms with Gasteiger partial charge in [-0.05, 0) is 23.8 Å². The zero-order valence-electron chi connectivity index (χ0n) is 11.5. The molecule has 2 aromatic rings. The monoisotopic (exact) mass is 295 g/mol. The Hall–Kier alpha value is -3.28. The molecule has 0 bridgehead atoms. The molecule has 0 heterocycles. The molecule has 0 aliphatic carbocycles. The summed E-state index contributed by atoms with van der Waals surface area (Å²) in [6, 6.07) is 15.0. The van der Waals surface area contributed by atoms with Crippen molar-refractivity contribution < 1.29 is 9.72 Å². The molecule has 0 aliphatic rings. The molecule has 1 N–H and O–H groups in total. The lowest BCUT2D eigenvalue weighted by Crippen LogP contribution is -2.17. The first-order valence-electron chi connectivity index (χ1n) is 6.46. The highest BCUT2D eigenvalue weighted by molar-refractivity contribution is 5.94. The molecule has 0 atom stereocenters. The van der Waals surface area contributed by atoms with E-state index in [2.05, 4.69) is 10.5 Å². The van der Waals surface area contributed by atoms with Gasteiger partial charge in [-0.1, -0.05) is 36.4 Å². The first-order valence-corrected chi connectivity index (χ1v) is 6.46. The highest BCUT2D eigenvalue weighted by atomic mass is 16.6. The van der Waals surface area contributed by atoms with Crippen LogP contribution in [0, 0.1) is 10.1 Å². The van der Waals surface area contributed by atoms with Crippen LogP contribution in [0.25, 0.3) is 6.08 Å². The highest BCUT2D eigenvalue weighted by Crippen LogP contribution is 2.11. The van der Waals surface area contributed by atoms with Crippen LogP contribution in [0.3, 0.4) is 0 Å². The number of nitrogens with zero attached hydrogens (tertiary/aromatic N) is 2. The van der Waals surface area contributed by atoms with Crippen LogP contribution in [0.5, 0.6) is 0 Å². The number of nitro benzene ring substituents is 1. The number of non-ortho nitro benzene ring substituents is 1. The molecule has 0 fully saturated rings. The third-order valence-electron chi connectivity index (χ3n) is 2.76. The van der Waals surface area contributed by atoms with Crippen molar-refractivity contribution in [1.82, 2.24) is 5.43 Å². The van der Waals surface area contributed by atoms with Gasteiger partial charge in [0.15, 0.2) is 0 Å². The number of hydrazone groups is 1. The number of carbonyl (C=O) groups excluding carboxylic acids is 1. The number of nitro groups is 1. The van der Waals surface area contributed by atoms with Crippen LogP contribution in [-0.4, -0.2) is 17.0 Å². The highest BCUT2D eigenvalue weighted by Gasteiger charge is 2.08. The van der Waals surface area contributed by atoms with E-state index in [1.165, 1.54) is 30.5 Å². The molecule has 0 radical (unpaired) electrons. The van der Waals surface area contributed by atoms with Crippen LogP contribution in [0.4, 0.5) is 5.69 Å². The fraction of sp³-hybridized carbons (Fsp3) is 0. The molecule has 1 amide bonds. The van der Waals surface area contributed by atoms with E-state index in [1.807, 2.05) is 36.4 Å². The second-order valence-electron chi connectivity index (χ2n) is 4.29. The van der Waals surface area contributed by atoms with Gasteiger partial charge in [0.05, 0.1) is 4.92 Å². The normalized spacial score (nSPS) is 10.9. The average molecular weight is 295 g/mol. The van der Waals surface area contributed by atoms with Crippen molar-refractivity contribution in [3.63, 3.8) is 0 Å². The number of hydrogen-bond donors (Lipinski definition) is 1.